The fraction of sp³-hybridized carbons (Fsp3) is 0.471. The first-order chi connectivity index (χ1) is 21.4. The Labute approximate surface area is 263 Å². The summed E-state index contributed by atoms with van der Waals surface area (Å²) < 4.78 is 42.5. The highest BCUT2D eigenvalue weighted by molar-refractivity contribution is 6.10. The Bertz CT molecular complexity index is 1530. The van der Waals surface area contributed by atoms with E-state index in [1.54, 1.807) is 68.5 Å². The number of carbonyl (C=O) groups is 2. The van der Waals surface area contributed by atoms with E-state index in [9.17, 15) is 22.8 Å². The Kier molecular flexibility index (Phi) is 11.0. The Balaban J connectivity index is 0.000000180. The molecule has 1 aliphatic carbocycles. The van der Waals surface area contributed by atoms with Gasteiger partial charge in [-0.05, 0) is 93.8 Å². The minimum absolute atomic E-state index is 0.0139. The zero-order valence-electron chi connectivity index (χ0n) is 26.5. The molecule has 1 saturated carbocycles. The van der Waals surface area contributed by atoms with Gasteiger partial charge in [0.05, 0.1) is 12.1 Å². The quantitative estimate of drug-likeness (QED) is 0.356. The standard InChI is InChI=1S/C18H17F3N2O.C8H13N3.C8H11NO/c1-11(22-2)12-8-14-15(16(9-12)18(19,20)21)10-23(17(14)24)13-6-4-3-5-7-13;1-6-3-7(4-6)8-10-9-5-11(8)2;1-2-5-8(10)9-6-3-4-7-9/h3-9,11,22H,10H2,1-2H3;5-7H,3-4H2,1-2H3;3-4,6-7H2,1H3. The van der Waals surface area contributed by atoms with Crippen LogP contribution in [0.15, 0.2) is 48.8 Å². The van der Waals surface area contributed by atoms with Gasteiger partial charge >= 0.3 is 6.18 Å². The van der Waals surface area contributed by atoms with Gasteiger partial charge in [-0.3, -0.25) is 9.59 Å². The van der Waals surface area contributed by atoms with E-state index in [-0.39, 0.29) is 29.6 Å². The summed E-state index contributed by atoms with van der Waals surface area (Å²) in [7, 11) is 3.68. The Hall–Kier alpha value is -4.17. The van der Waals surface area contributed by atoms with Gasteiger partial charge in [-0.2, -0.15) is 13.2 Å². The lowest BCUT2D eigenvalue weighted by atomic mass is 9.76. The van der Waals surface area contributed by atoms with Crippen molar-refractivity contribution in [2.75, 3.05) is 25.0 Å². The molecular weight excluding hydrogens is 581 g/mol. The number of aryl methyl sites for hydroxylation is 1. The number of nitrogens with zero attached hydrogens (tertiary/aromatic N) is 5. The molecule has 0 bridgehead atoms. The molecule has 0 radical (unpaired) electrons. The number of carbonyl (C=O) groups excluding carboxylic acids is 2. The lowest BCUT2D eigenvalue weighted by Gasteiger charge is -2.31. The zero-order chi connectivity index (χ0) is 32.7. The van der Waals surface area contributed by atoms with E-state index in [1.165, 1.54) is 17.7 Å². The summed E-state index contributed by atoms with van der Waals surface area (Å²) in [6.07, 6.45) is 2.12. The number of rotatable bonds is 4. The molecule has 2 aliphatic heterocycles. The Morgan fingerprint density at radius 1 is 1.11 bits per heavy atom. The first-order valence-electron chi connectivity index (χ1n) is 15.3. The molecule has 3 aromatic rings. The topological polar surface area (TPSA) is 83.4 Å². The van der Waals surface area contributed by atoms with Crippen molar-refractivity contribution in [3.63, 3.8) is 0 Å². The third-order valence-electron chi connectivity index (χ3n) is 8.48. The molecule has 1 saturated heterocycles. The minimum Gasteiger partial charge on any atom is -0.332 e. The molecule has 1 unspecified atom stereocenters. The molecule has 2 amide bonds. The van der Waals surface area contributed by atoms with Crippen LogP contribution in [0, 0.1) is 17.8 Å². The first kappa shape index (κ1) is 33.7. The Morgan fingerprint density at radius 3 is 2.31 bits per heavy atom. The van der Waals surface area contributed by atoms with Crippen molar-refractivity contribution in [2.24, 2.45) is 13.0 Å². The van der Waals surface area contributed by atoms with Gasteiger partial charge in [0.25, 0.3) is 11.8 Å². The van der Waals surface area contributed by atoms with Crippen molar-refractivity contribution in [2.45, 2.75) is 71.1 Å². The molecule has 3 aliphatic rings. The molecule has 0 spiro atoms. The molecule has 1 aromatic heterocycles. The van der Waals surface area contributed by atoms with Crippen molar-refractivity contribution in [1.29, 1.82) is 0 Å². The summed E-state index contributed by atoms with van der Waals surface area (Å²) >= 11 is 0. The Morgan fingerprint density at radius 2 is 1.78 bits per heavy atom. The summed E-state index contributed by atoms with van der Waals surface area (Å²) in [5.41, 5.74) is 0.486. The van der Waals surface area contributed by atoms with Gasteiger partial charge in [0, 0.05) is 43.3 Å². The van der Waals surface area contributed by atoms with E-state index >= 15 is 0 Å². The number of alkyl halides is 3. The molecule has 2 aromatic carbocycles. The highest BCUT2D eigenvalue weighted by atomic mass is 19.4. The number of hydrogen-bond acceptors (Lipinski definition) is 5. The van der Waals surface area contributed by atoms with Crippen molar-refractivity contribution in [3.8, 4) is 11.8 Å². The fourth-order valence-corrected chi connectivity index (χ4v) is 5.80. The molecule has 240 valence electrons. The van der Waals surface area contributed by atoms with Crippen LogP contribution in [0.3, 0.4) is 0 Å². The molecule has 11 heteroatoms. The second kappa shape index (κ2) is 14.7. The second-order valence-corrected chi connectivity index (χ2v) is 11.8. The lowest BCUT2D eigenvalue weighted by molar-refractivity contribution is -0.138. The number of benzene rings is 2. The van der Waals surface area contributed by atoms with E-state index in [0.717, 1.165) is 43.7 Å². The number of aromatic nitrogens is 3. The van der Waals surface area contributed by atoms with Gasteiger partial charge in [0.15, 0.2) is 0 Å². The maximum Gasteiger partial charge on any atom is 0.416 e. The van der Waals surface area contributed by atoms with Crippen LogP contribution in [0.25, 0.3) is 0 Å². The highest BCUT2D eigenvalue weighted by Crippen LogP contribution is 2.41. The minimum atomic E-state index is -4.50. The van der Waals surface area contributed by atoms with E-state index in [1.807, 2.05) is 11.6 Å². The molecule has 1 atom stereocenters. The fourth-order valence-electron chi connectivity index (χ4n) is 5.80. The predicted octanol–water partition coefficient (Wildman–Crippen LogP) is 6.11. The van der Waals surface area contributed by atoms with Crippen molar-refractivity contribution >= 4 is 17.5 Å². The smallest absolute Gasteiger partial charge is 0.332 e. The first-order valence-corrected chi connectivity index (χ1v) is 15.3. The van der Waals surface area contributed by atoms with Gasteiger partial charge in [0.2, 0.25) is 0 Å². The van der Waals surface area contributed by atoms with Crippen LogP contribution >= 0.6 is 0 Å². The number of likely N-dealkylation sites (tertiary alicyclic amines) is 1. The van der Waals surface area contributed by atoms with Crippen molar-refractivity contribution < 1.29 is 22.8 Å². The van der Waals surface area contributed by atoms with E-state index in [4.69, 9.17) is 0 Å². The van der Waals surface area contributed by atoms with Crippen LogP contribution in [0.2, 0.25) is 0 Å². The van der Waals surface area contributed by atoms with Crippen LogP contribution in [-0.4, -0.2) is 51.6 Å². The largest absolute Gasteiger partial charge is 0.416 e. The molecule has 3 heterocycles. The summed E-state index contributed by atoms with van der Waals surface area (Å²) in [5, 5.41) is 10.9. The lowest BCUT2D eigenvalue weighted by Crippen LogP contribution is -2.25. The van der Waals surface area contributed by atoms with Gasteiger partial charge in [0.1, 0.15) is 12.2 Å². The molecule has 45 heavy (non-hydrogen) atoms. The van der Waals surface area contributed by atoms with Crippen molar-refractivity contribution in [1.82, 2.24) is 25.0 Å². The predicted molar refractivity (Wildman–Crippen MR) is 167 cm³/mol. The van der Waals surface area contributed by atoms with Crippen molar-refractivity contribution in [3.05, 3.63) is 76.9 Å². The maximum atomic E-state index is 13.5. The van der Waals surface area contributed by atoms with Gasteiger partial charge < -0.3 is 19.7 Å². The second-order valence-electron chi connectivity index (χ2n) is 11.8. The number of halogens is 3. The van der Waals surface area contributed by atoms with Crippen LogP contribution in [0.5, 0.6) is 0 Å². The molecule has 2 fully saturated rings. The normalized spacial score (nSPS) is 19.2. The van der Waals surface area contributed by atoms with E-state index in [2.05, 4.69) is 34.3 Å². The van der Waals surface area contributed by atoms with E-state index < -0.39 is 17.6 Å². The number of amides is 2. The number of para-hydroxylation sites is 1. The van der Waals surface area contributed by atoms with E-state index in [0.29, 0.717) is 17.2 Å². The monoisotopic (exact) mass is 622 g/mol. The summed E-state index contributed by atoms with van der Waals surface area (Å²) in [4.78, 5) is 26.9. The van der Waals surface area contributed by atoms with Crippen LogP contribution in [0.4, 0.5) is 18.9 Å². The molecule has 8 nitrogen and oxygen atoms in total. The van der Waals surface area contributed by atoms with Gasteiger partial charge in [-0.1, -0.05) is 31.0 Å². The highest BCUT2D eigenvalue weighted by Gasteiger charge is 2.40. The summed E-state index contributed by atoms with van der Waals surface area (Å²) in [5.74, 6) is 7.44. The van der Waals surface area contributed by atoms with Crippen LogP contribution in [0.1, 0.15) is 91.3 Å². The summed E-state index contributed by atoms with van der Waals surface area (Å²) in [6.45, 7) is 7.46. The van der Waals surface area contributed by atoms with Gasteiger partial charge in [-0.25, -0.2) is 0 Å². The third-order valence-corrected chi connectivity index (χ3v) is 8.48. The molecule has 1 N–H and O–H groups in total. The third kappa shape index (κ3) is 8.11. The summed E-state index contributed by atoms with van der Waals surface area (Å²) in [6, 6.07) is 11.2. The molecule has 6 rings (SSSR count). The SMILES string of the molecule is CC#CC(=O)N1CCCC1.CC1CC(c2nncn2C)C1.CNC(C)c1cc2c(c(C(F)(F)F)c1)CN(c1ccccc1)C2=O. The number of hydrogen-bond donors (Lipinski definition) is 1. The number of anilines is 1. The maximum absolute atomic E-state index is 13.5. The zero-order valence-corrected chi connectivity index (χ0v) is 26.5. The van der Waals surface area contributed by atoms with Crippen LogP contribution in [-0.2, 0) is 24.6 Å². The molecular formula is C34H41F3N6O2. The van der Waals surface area contributed by atoms with Crippen LogP contribution < -0.4 is 10.2 Å². The number of fused-ring (bicyclic) bond motifs is 1. The average molecular weight is 623 g/mol. The number of nitrogens with one attached hydrogen (secondary N) is 1. The average Bonchev–Trinajstić information content (AvgIpc) is 3.77. The van der Waals surface area contributed by atoms with Gasteiger partial charge in [-0.15, -0.1) is 10.2 Å².